The fourth-order valence-corrected chi connectivity index (χ4v) is 2.79. The van der Waals surface area contributed by atoms with Crippen molar-refractivity contribution in [3.8, 4) is 0 Å². The monoisotopic (exact) mass is 310 g/mol. The third-order valence-corrected chi connectivity index (χ3v) is 4.58. The summed E-state index contributed by atoms with van der Waals surface area (Å²) in [6, 6.07) is 0. The highest BCUT2D eigenvalue weighted by Crippen LogP contribution is 2.19. The lowest BCUT2D eigenvalue weighted by atomic mass is 9.98. The highest BCUT2D eigenvalue weighted by atomic mass is 16.4. The Balaban J connectivity index is 3.53. The highest BCUT2D eigenvalue weighted by Gasteiger charge is 2.00. The third-order valence-electron chi connectivity index (χ3n) is 4.58. The van der Waals surface area contributed by atoms with Gasteiger partial charge in [-0.25, -0.2) is 0 Å². The van der Waals surface area contributed by atoms with Crippen molar-refractivity contribution in [1.82, 2.24) is 0 Å². The molecule has 22 heavy (non-hydrogen) atoms. The van der Waals surface area contributed by atoms with E-state index >= 15 is 0 Å². The summed E-state index contributed by atoms with van der Waals surface area (Å²) in [6.45, 7) is 6.85. The topological polar surface area (TPSA) is 37.3 Å². The summed E-state index contributed by atoms with van der Waals surface area (Å²) in [6.07, 6.45) is 16.6. The number of hydrogen-bond donors (Lipinski definition) is 1. The summed E-state index contributed by atoms with van der Waals surface area (Å²) in [5.74, 6) is -0.663. The van der Waals surface area contributed by atoms with Crippen LogP contribution in [0.1, 0.15) is 111 Å². The molecule has 0 atom stereocenters. The average Bonchev–Trinajstić information content (AvgIpc) is 2.49. The van der Waals surface area contributed by atoms with E-state index in [0.717, 1.165) is 12.8 Å². The number of aliphatic carboxylic acids is 1. The van der Waals surface area contributed by atoms with Crippen LogP contribution in [0.3, 0.4) is 0 Å². The van der Waals surface area contributed by atoms with Gasteiger partial charge in [0.15, 0.2) is 0 Å². The zero-order valence-electron chi connectivity index (χ0n) is 15.3. The van der Waals surface area contributed by atoms with Gasteiger partial charge in [0.05, 0.1) is 0 Å². The van der Waals surface area contributed by atoms with Gasteiger partial charge in [-0.1, -0.05) is 69.4 Å². The average molecular weight is 311 g/mol. The molecule has 0 amide bonds. The maximum Gasteiger partial charge on any atom is 0.303 e. The first kappa shape index (κ1) is 21.2. The van der Waals surface area contributed by atoms with Crippen molar-refractivity contribution in [2.24, 2.45) is 0 Å². The van der Waals surface area contributed by atoms with Crippen LogP contribution in [0, 0.1) is 0 Å². The van der Waals surface area contributed by atoms with E-state index < -0.39 is 5.97 Å². The zero-order valence-corrected chi connectivity index (χ0v) is 15.3. The highest BCUT2D eigenvalue weighted by molar-refractivity contribution is 5.66. The van der Waals surface area contributed by atoms with E-state index in [4.69, 9.17) is 5.11 Å². The number of hydrogen-bond acceptors (Lipinski definition) is 1. The van der Waals surface area contributed by atoms with Gasteiger partial charge < -0.3 is 5.11 Å². The predicted octanol–water partition coefficient (Wildman–Crippen LogP) is 6.89. The van der Waals surface area contributed by atoms with E-state index in [0.29, 0.717) is 6.42 Å². The van der Waals surface area contributed by atoms with Gasteiger partial charge >= 0.3 is 5.97 Å². The molecule has 0 fully saturated rings. The fraction of sp³-hybridized carbons (Fsp3) is 0.850. The minimum absolute atomic E-state index is 0.330. The molecular formula is C20H38O2. The minimum Gasteiger partial charge on any atom is -0.481 e. The number of carboxylic acids is 1. The number of rotatable bonds is 15. The van der Waals surface area contributed by atoms with Crippen molar-refractivity contribution in [1.29, 1.82) is 0 Å². The fourth-order valence-electron chi connectivity index (χ4n) is 2.79. The first-order chi connectivity index (χ1) is 10.6. The molecule has 0 saturated carbocycles. The summed E-state index contributed by atoms with van der Waals surface area (Å²) in [4.78, 5) is 10.4. The lowest BCUT2D eigenvalue weighted by Gasteiger charge is -2.08. The van der Waals surface area contributed by atoms with Gasteiger partial charge in [-0.2, -0.15) is 0 Å². The van der Waals surface area contributed by atoms with Gasteiger partial charge in [-0.15, -0.1) is 0 Å². The van der Waals surface area contributed by atoms with Crippen molar-refractivity contribution in [3.05, 3.63) is 11.1 Å². The Labute approximate surface area is 138 Å². The summed E-state index contributed by atoms with van der Waals surface area (Å²) >= 11 is 0. The maximum atomic E-state index is 10.4. The molecule has 0 aliphatic heterocycles. The van der Waals surface area contributed by atoms with Crippen LogP contribution >= 0.6 is 0 Å². The number of unbranched alkanes of at least 4 members (excludes halogenated alkanes) is 9. The van der Waals surface area contributed by atoms with Gasteiger partial charge in [0.25, 0.3) is 0 Å². The Morgan fingerprint density at radius 2 is 1.00 bits per heavy atom. The lowest BCUT2D eigenvalue weighted by molar-refractivity contribution is -0.137. The molecule has 0 aromatic heterocycles. The van der Waals surface area contributed by atoms with Crippen molar-refractivity contribution < 1.29 is 9.90 Å². The van der Waals surface area contributed by atoms with E-state index in [1.54, 1.807) is 11.1 Å². The molecule has 0 saturated heterocycles. The molecule has 130 valence electrons. The molecule has 0 aromatic carbocycles. The molecule has 0 bridgehead atoms. The van der Waals surface area contributed by atoms with Crippen LogP contribution in [-0.4, -0.2) is 11.1 Å². The van der Waals surface area contributed by atoms with E-state index in [1.807, 2.05) is 0 Å². The third kappa shape index (κ3) is 14.2. The van der Waals surface area contributed by atoms with Gasteiger partial charge in [-0.3, -0.25) is 4.79 Å². The Morgan fingerprint density at radius 1 is 0.636 bits per heavy atom. The SMILES string of the molecule is CCCCCCCC/C(C)=C(\C)CCCCCCCC(=O)O. The molecule has 2 heteroatoms. The quantitative estimate of drug-likeness (QED) is 0.264. The van der Waals surface area contributed by atoms with Gasteiger partial charge in [0.2, 0.25) is 0 Å². The molecule has 0 unspecified atom stereocenters. The molecule has 0 spiro atoms. The summed E-state index contributed by atoms with van der Waals surface area (Å²) in [5.41, 5.74) is 3.18. The molecule has 2 nitrogen and oxygen atoms in total. The Morgan fingerprint density at radius 3 is 1.41 bits per heavy atom. The molecule has 0 aliphatic carbocycles. The van der Waals surface area contributed by atoms with Crippen molar-refractivity contribution >= 4 is 5.97 Å². The van der Waals surface area contributed by atoms with Crippen LogP contribution in [0.2, 0.25) is 0 Å². The van der Waals surface area contributed by atoms with Crippen molar-refractivity contribution in [3.63, 3.8) is 0 Å². The van der Waals surface area contributed by atoms with Gasteiger partial charge in [0, 0.05) is 6.42 Å². The summed E-state index contributed by atoms with van der Waals surface area (Å²) < 4.78 is 0. The normalized spacial score (nSPS) is 12.3. The molecule has 0 radical (unpaired) electrons. The van der Waals surface area contributed by atoms with E-state index in [-0.39, 0.29) is 0 Å². The molecule has 1 N–H and O–H groups in total. The van der Waals surface area contributed by atoms with Crippen LogP contribution in [0.4, 0.5) is 0 Å². The molecule has 0 heterocycles. The number of carbonyl (C=O) groups is 1. The summed E-state index contributed by atoms with van der Waals surface area (Å²) in [5, 5.41) is 8.58. The van der Waals surface area contributed by atoms with Crippen molar-refractivity contribution in [2.45, 2.75) is 111 Å². The molecule has 0 aliphatic rings. The van der Waals surface area contributed by atoms with Crippen molar-refractivity contribution in [2.75, 3.05) is 0 Å². The molecule has 0 rings (SSSR count). The first-order valence-electron chi connectivity index (χ1n) is 9.45. The Kier molecular flexibility index (Phi) is 14.6. The second kappa shape index (κ2) is 15.1. The predicted molar refractivity (Wildman–Crippen MR) is 96.3 cm³/mol. The van der Waals surface area contributed by atoms with Gasteiger partial charge in [-0.05, 0) is 46.0 Å². The lowest BCUT2D eigenvalue weighted by Crippen LogP contribution is -1.93. The largest absolute Gasteiger partial charge is 0.481 e. The van der Waals surface area contributed by atoms with E-state index in [1.165, 1.54) is 70.6 Å². The Bertz CT molecular complexity index is 305. The first-order valence-corrected chi connectivity index (χ1v) is 9.45. The standard InChI is InChI=1S/C20H38O2/c1-4-5-6-7-9-12-15-18(2)19(3)16-13-10-8-11-14-17-20(21)22/h4-17H2,1-3H3,(H,21,22)/b19-18+. The molecular weight excluding hydrogens is 272 g/mol. The number of allylic oxidation sites excluding steroid dienone is 2. The van der Waals surface area contributed by atoms with Gasteiger partial charge in [0.1, 0.15) is 0 Å². The van der Waals surface area contributed by atoms with Crippen LogP contribution in [0.15, 0.2) is 11.1 Å². The van der Waals surface area contributed by atoms with Crippen LogP contribution in [-0.2, 0) is 4.79 Å². The van der Waals surface area contributed by atoms with Crippen LogP contribution in [0.5, 0.6) is 0 Å². The Hall–Kier alpha value is -0.790. The zero-order chi connectivity index (χ0) is 16.6. The van der Waals surface area contributed by atoms with E-state index in [9.17, 15) is 4.79 Å². The van der Waals surface area contributed by atoms with Crippen LogP contribution in [0.25, 0.3) is 0 Å². The second-order valence-corrected chi connectivity index (χ2v) is 6.74. The minimum atomic E-state index is -0.663. The number of carboxylic acid groups (broad SMARTS) is 1. The smallest absolute Gasteiger partial charge is 0.303 e. The maximum absolute atomic E-state index is 10.4. The van der Waals surface area contributed by atoms with E-state index in [2.05, 4.69) is 20.8 Å². The van der Waals surface area contributed by atoms with Crippen LogP contribution < -0.4 is 0 Å². The second-order valence-electron chi connectivity index (χ2n) is 6.74. The molecule has 0 aromatic rings. The summed E-state index contributed by atoms with van der Waals surface area (Å²) in [7, 11) is 0.